The van der Waals surface area contributed by atoms with Crippen molar-refractivity contribution in [2.75, 3.05) is 51.1 Å². The van der Waals surface area contributed by atoms with Crippen LogP contribution in [0.25, 0.3) is 0 Å². The van der Waals surface area contributed by atoms with Crippen LogP contribution in [0, 0.1) is 17.0 Å². The van der Waals surface area contributed by atoms with Crippen LogP contribution in [-0.4, -0.2) is 66.4 Å². The molecule has 0 bridgehead atoms. The first-order valence-corrected chi connectivity index (χ1v) is 9.20. The Morgan fingerprint density at radius 3 is 2.67 bits per heavy atom. The summed E-state index contributed by atoms with van der Waals surface area (Å²) in [4.78, 5) is 26.7. The van der Waals surface area contributed by atoms with Crippen LogP contribution in [-0.2, 0) is 4.79 Å². The fourth-order valence-electron chi connectivity index (χ4n) is 2.99. The van der Waals surface area contributed by atoms with Crippen molar-refractivity contribution >= 4 is 11.6 Å². The van der Waals surface area contributed by atoms with Gasteiger partial charge in [-0.3, -0.25) is 19.8 Å². The van der Waals surface area contributed by atoms with E-state index in [1.807, 2.05) is 37.3 Å². The van der Waals surface area contributed by atoms with E-state index in [1.165, 1.54) is 0 Å². The summed E-state index contributed by atoms with van der Waals surface area (Å²) in [5.74, 6) is 0.0373. The van der Waals surface area contributed by atoms with Crippen molar-refractivity contribution in [1.82, 2.24) is 9.80 Å². The highest BCUT2D eigenvalue weighted by molar-refractivity contribution is 5.90. The molecule has 0 aliphatic carbocycles. The lowest BCUT2D eigenvalue weighted by Gasteiger charge is -2.34. The number of piperazine rings is 1. The van der Waals surface area contributed by atoms with E-state index in [9.17, 15) is 14.9 Å². The third kappa shape index (κ3) is 8.15. The number of carbonyl (C=O) groups is 1. The summed E-state index contributed by atoms with van der Waals surface area (Å²) in [5.41, 5.74) is 2.48. The Morgan fingerprint density at radius 2 is 2.00 bits per heavy atom. The Hall–Kier alpha value is -2.51. The van der Waals surface area contributed by atoms with Gasteiger partial charge in [0.1, 0.15) is 0 Å². The van der Waals surface area contributed by atoms with Crippen LogP contribution in [0.5, 0.6) is 0 Å². The first kappa shape index (κ1) is 20.8. The second-order valence-electron chi connectivity index (χ2n) is 6.86. The first-order valence-electron chi connectivity index (χ1n) is 9.20. The van der Waals surface area contributed by atoms with E-state index in [0.717, 1.165) is 50.5 Å². The van der Waals surface area contributed by atoms with Crippen LogP contribution in [0.1, 0.15) is 12.0 Å². The van der Waals surface area contributed by atoms with E-state index in [-0.39, 0.29) is 17.4 Å². The molecular formula is C20H28N4O3. The number of nitrogens with zero attached hydrogens (tertiary/aromatic N) is 3. The molecule has 2 rings (SSSR count). The Kier molecular flexibility index (Phi) is 8.16. The predicted octanol–water partition coefficient (Wildman–Crippen LogP) is 2.33. The molecule has 0 saturated carbocycles. The Morgan fingerprint density at radius 1 is 1.30 bits per heavy atom. The Labute approximate surface area is 160 Å². The minimum absolute atomic E-state index is 0.0373. The van der Waals surface area contributed by atoms with Gasteiger partial charge in [0.25, 0.3) is 0 Å². The summed E-state index contributed by atoms with van der Waals surface area (Å²) < 4.78 is 0. The topological polar surface area (TPSA) is 78.7 Å². The lowest BCUT2D eigenvalue weighted by molar-refractivity contribution is -0.470. The molecule has 1 saturated heterocycles. The summed E-state index contributed by atoms with van der Waals surface area (Å²) >= 11 is 0. The van der Waals surface area contributed by atoms with Gasteiger partial charge < -0.3 is 10.2 Å². The third-order valence-corrected chi connectivity index (χ3v) is 4.47. The molecule has 0 spiro atoms. The van der Waals surface area contributed by atoms with Crippen molar-refractivity contribution in [3.8, 4) is 0 Å². The first-order chi connectivity index (χ1) is 12.9. The van der Waals surface area contributed by atoms with Gasteiger partial charge in [0.15, 0.2) is 0 Å². The van der Waals surface area contributed by atoms with E-state index < -0.39 is 0 Å². The van der Waals surface area contributed by atoms with Gasteiger partial charge in [-0.2, -0.15) is 0 Å². The number of amides is 1. The minimum Gasteiger partial charge on any atom is -0.326 e. The molecule has 0 radical (unpaired) electrons. The number of benzene rings is 1. The van der Waals surface area contributed by atoms with Gasteiger partial charge in [-0.1, -0.05) is 30.9 Å². The second-order valence-corrected chi connectivity index (χ2v) is 6.86. The summed E-state index contributed by atoms with van der Waals surface area (Å²) in [6.07, 6.45) is 4.14. The number of hydrogen-bond donors (Lipinski definition) is 1. The van der Waals surface area contributed by atoms with E-state index in [2.05, 4.69) is 21.7 Å². The largest absolute Gasteiger partial charge is 0.326 e. The zero-order valence-corrected chi connectivity index (χ0v) is 15.9. The zero-order valence-electron chi connectivity index (χ0n) is 15.9. The van der Waals surface area contributed by atoms with Crippen molar-refractivity contribution in [3.63, 3.8) is 0 Å². The summed E-state index contributed by atoms with van der Waals surface area (Å²) in [6.45, 7) is 10.7. The zero-order chi connectivity index (χ0) is 19.6. The fourth-order valence-corrected chi connectivity index (χ4v) is 2.99. The predicted molar refractivity (Wildman–Crippen MR) is 107 cm³/mol. The van der Waals surface area contributed by atoms with Crippen molar-refractivity contribution in [1.29, 1.82) is 0 Å². The lowest BCUT2D eigenvalue weighted by atomic mass is 10.2. The molecule has 1 aliphatic rings. The van der Waals surface area contributed by atoms with Crippen LogP contribution in [0.4, 0.5) is 5.69 Å². The number of aryl methyl sites for hydroxylation is 1. The molecule has 27 heavy (non-hydrogen) atoms. The molecule has 7 nitrogen and oxygen atoms in total. The number of nitrogens with one attached hydrogen (secondary N) is 1. The average molecular weight is 372 g/mol. The maximum atomic E-state index is 12.1. The highest BCUT2D eigenvalue weighted by atomic mass is 16.6. The van der Waals surface area contributed by atoms with Gasteiger partial charge in [-0.25, -0.2) is 0 Å². The molecule has 1 aliphatic heterocycles. The van der Waals surface area contributed by atoms with Crippen LogP contribution < -0.4 is 5.32 Å². The summed E-state index contributed by atoms with van der Waals surface area (Å²) in [5, 5.41) is 13.3. The van der Waals surface area contributed by atoms with E-state index in [4.69, 9.17) is 0 Å². The van der Waals surface area contributed by atoms with Crippen molar-refractivity contribution in [2.45, 2.75) is 13.3 Å². The van der Waals surface area contributed by atoms with Gasteiger partial charge in [0.2, 0.25) is 12.5 Å². The normalized spacial score (nSPS) is 15.7. The van der Waals surface area contributed by atoms with Crippen molar-refractivity contribution in [2.24, 2.45) is 0 Å². The molecule has 146 valence electrons. The standard InChI is InChI=1S/C20H28N4O3/c1-17-5-3-7-19(15-17)21-20(25)8-10-23-13-11-22(12-14-23)9-4-6-18(2)16-24(26)27/h3-7,15H,2,8-14,16H2,1H3,(H,21,25)/b6-4+. The molecule has 1 aromatic carbocycles. The maximum Gasteiger partial charge on any atom is 0.228 e. The fraction of sp³-hybridized carbons (Fsp3) is 0.450. The van der Waals surface area contributed by atoms with Crippen LogP contribution in [0.3, 0.4) is 0 Å². The highest BCUT2D eigenvalue weighted by Gasteiger charge is 2.16. The highest BCUT2D eigenvalue weighted by Crippen LogP contribution is 2.10. The van der Waals surface area contributed by atoms with E-state index >= 15 is 0 Å². The SMILES string of the molecule is C=C(/C=C/CN1CCN(CCC(=O)Nc2cccc(C)c2)CC1)C[N+](=O)[O-]. The molecule has 0 unspecified atom stereocenters. The molecular weight excluding hydrogens is 344 g/mol. The quantitative estimate of drug-likeness (QED) is 0.409. The van der Waals surface area contributed by atoms with Gasteiger partial charge in [0, 0.05) is 61.9 Å². The Bertz CT molecular complexity index is 694. The maximum absolute atomic E-state index is 12.1. The number of rotatable bonds is 9. The lowest BCUT2D eigenvalue weighted by Crippen LogP contribution is -2.46. The third-order valence-electron chi connectivity index (χ3n) is 4.47. The smallest absolute Gasteiger partial charge is 0.228 e. The molecule has 1 aromatic rings. The number of carbonyl (C=O) groups excluding carboxylic acids is 1. The summed E-state index contributed by atoms with van der Waals surface area (Å²) in [7, 11) is 0. The van der Waals surface area contributed by atoms with Crippen molar-refractivity contribution in [3.05, 3.63) is 64.2 Å². The minimum atomic E-state index is -0.374. The van der Waals surface area contributed by atoms with Gasteiger partial charge in [0.05, 0.1) is 0 Å². The molecule has 1 heterocycles. The van der Waals surface area contributed by atoms with Crippen LogP contribution >= 0.6 is 0 Å². The van der Waals surface area contributed by atoms with Gasteiger partial charge in [-0.15, -0.1) is 0 Å². The van der Waals surface area contributed by atoms with Crippen molar-refractivity contribution < 1.29 is 9.72 Å². The van der Waals surface area contributed by atoms with E-state index in [1.54, 1.807) is 6.08 Å². The Balaban J connectivity index is 1.63. The van der Waals surface area contributed by atoms with E-state index in [0.29, 0.717) is 12.0 Å². The molecule has 1 amide bonds. The van der Waals surface area contributed by atoms with Crippen LogP contribution in [0.2, 0.25) is 0 Å². The molecule has 1 N–H and O–H groups in total. The molecule has 7 heteroatoms. The van der Waals surface area contributed by atoms with Crippen LogP contribution in [0.15, 0.2) is 48.6 Å². The average Bonchev–Trinajstić information content (AvgIpc) is 2.60. The van der Waals surface area contributed by atoms with Gasteiger partial charge >= 0.3 is 0 Å². The molecule has 0 atom stereocenters. The molecule has 0 aromatic heterocycles. The second kappa shape index (κ2) is 10.6. The van der Waals surface area contributed by atoms with Gasteiger partial charge in [-0.05, 0) is 24.6 Å². The number of nitro groups is 1. The monoisotopic (exact) mass is 372 g/mol. The summed E-state index contributed by atoms with van der Waals surface area (Å²) in [6, 6.07) is 7.80. The molecule has 1 fully saturated rings. The number of anilines is 1. The number of hydrogen-bond acceptors (Lipinski definition) is 5.